The van der Waals surface area contributed by atoms with Gasteiger partial charge >= 0.3 is 0 Å². The molecule has 0 amide bonds. The first-order chi connectivity index (χ1) is 15.7. The third-order valence-electron chi connectivity index (χ3n) is 6.21. The van der Waals surface area contributed by atoms with E-state index in [1.54, 1.807) is 19.4 Å². The van der Waals surface area contributed by atoms with Gasteiger partial charge in [0, 0.05) is 33.2 Å². The number of piperidine rings is 1. The lowest BCUT2D eigenvalue weighted by Crippen LogP contribution is -2.44. The molecule has 2 aromatic rings. The lowest BCUT2D eigenvalue weighted by molar-refractivity contribution is 0.122. The van der Waals surface area contributed by atoms with Crippen LogP contribution in [0.5, 0.6) is 0 Å². The zero-order valence-electron chi connectivity index (χ0n) is 18.9. The summed E-state index contributed by atoms with van der Waals surface area (Å²) in [6, 6.07) is 9.56. The summed E-state index contributed by atoms with van der Waals surface area (Å²) in [7, 11) is 1.75. The molecule has 4 rings (SSSR count). The van der Waals surface area contributed by atoms with Crippen LogP contribution in [0.1, 0.15) is 36.6 Å². The quantitative estimate of drug-likeness (QED) is 0.506. The summed E-state index contributed by atoms with van der Waals surface area (Å²) in [5, 5.41) is 6.73. The second-order valence-corrected chi connectivity index (χ2v) is 8.32. The molecule has 3 heterocycles. The largest absolute Gasteiger partial charge is 0.468 e. The molecule has 32 heavy (non-hydrogen) atoms. The number of benzene rings is 1. The van der Waals surface area contributed by atoms with Gasteiger partial charge in [-0.3, -0.25) is 9.89 Å². The molecule has 2 N–H and O–H groups in total. The van der Waals surface area contributed by atoms with Crippen molar-refractivity contribution in [2.24, 2.45) is 4.99 Å². The van der Waals surface area contributed by atoms with E-state index in [9.17, 15) is 4.39 Å². The third kappa shape index (κ3) is 5.81. The molecule has 2 aliphatic rings. The SMILES string of the molecule is CN=C(NCc1ccc(N2CCOCC2)c(F)c1)NCC(c1ccco1)N1CCCCC1. The van der Waals surface area contributed by atoms with Crippen molar-refractivity contribution in [1.82, 2.24) is 15.5 Å². The second-order valence-electron chi connectivity index (χ2n) is 8.32. The van der Waals surface area contributed by atoms with E-state index in [1.807, 2.05) is 29.2 Å². The molecular weight excluding hydrogens is 409 g/mol. The number of likely N-dealkylation sites (tertiary alicyclic amines) is 1. The summed E-state index contributed by atoms with van der Waals surface area (Å²) >= 11 is 0. The molecule has 7 nitrogen and oxygen atoms in total. The number of nitrogens with zero attached hydrogens (tertiary/aromatic N) is 3. The van der Waals surface area contributed by atoms with Crippen molar-refractivity contribution in [1.29, 1.82) is 0 Å². The monoisotopic (exact) mass is 443 g/mol. The second kappa shape index (κ2) is 11.3. The van der Waals surface area contributed by atoms with Crippen LogP contribution < -0.4 is 15.5 Å². The zero-order chi connectivity index (χ0) is 22.2. The van der Waals surface area contributed by atoms with Gasteiger partial charge in [-0.15, -0.1) is 0 Å². The third-order valence-corrected chi connectivity index (χ3v) is 6.21. The first kappa shape index (κ1) is 22.6. The predicted octanol–water partition coefficient (Wildman–Crippen LogP) is 3.15. The van der Waals surface area contributed by atoms with Gasteiger partial charge in [0.15, 0.2) is 5.96 Å². The lowest BCUT2D eigenvalue weighted by Gasteiger charge is -2.33. The highest BCUT2D eigenvalue weighted by molar-refractivity contribution is 5.79. The zero-order valence-corrected chi connectivity index (χ0v) is 18.9. The Kier molecular flexibility index (Phi) is 8.01. The van der Waals surface area contributed by atoms with Crippen molar-refractivity contribution in [3.8, 4) is 0 Å². The van der Waals surface area contributed by atoms with Crippen molar-refractivity contribution in [3.63, 3.8) is 0 Å². The highest BCUT2D eigenvalue weighted by atomic mass is 19.1. The van der Waals surface area contributed by atoms with Crippen LogP contribution in [0.3, 0.4) is 0 Å². The maximum Gasteiger partial charge on any atom is 0.191 e. The smallest absolute Gasteiger partial charge is 0.191 e. The highest BCUT2D eigenvalue weighted by Gasteiger charge is 2.24. The Morgan fingerprint density at radius 2 is 1.91 bits per heavy atom. The fraction of sp³-hybridized carbons (Fsp3) is 0.542. The standard InChI is InChI=1S/C24H34FN5O2/c1-26-24(28-18-22(23-6-5-13-32-23)29-9-3-2-4-10-29)27-17-19-7-8-21(20(25)16-19)30-11-14-31-15-12-30/h5-8,13,16,22H,2-4,9-12,14-15,17-18H2,1H3,(H2,26,27,28). The highest BCUT2D eigenvalue weighted by Crippen LogP contribution is 2.25. The van der Waals surface area contributed by atoms with Crippen molar-refractivity contribution in [2.75, 3.05) is 57.9 Å². The minimum atomic E-state index is -0.197. The van der Waals surface area contributed by atoms with Gasteiger partial charge in [-0.2, -0.15) is 0 Å². The molecule has 2 fully saturated rings. The van der Waals surface area contributed by atoms with E-state index in [4.69, 9.17) is 9.15 Å². The van der Waals surface area contributed by atoms with Gasteiger partial charge in [-0.05, 0) is 55.8 Å². The molecule has 8 heteroatoms. The maximum absolute atomic E-state index is 14.7. The summed E-state index contributed by atoms with van der Waals surface area (Å²) in [6.07, 6.45) is 5.46. The molecule has 0 radical (unpaired) electrons. The molecule has 1 aromatic carbocycles. The Morgan fingerprint density at radius 3 is 2.59 bits per heavy atom. The first-order valence-corrected chi connectivity index (χ1v) is 11.6. The van der Waals surface area contributed by atoms with E-state index in [0.717, 1.165) is 37.5 Å². The van der Waals surface area contributed by atoms with E-state index in [-0.39, 0.29) is 11.9 Å². The van der Waals surface area contributed by atoms with Gasteiger partial charge in [0.1, 0.15) is 11.6 Å². The van der Waals surface area contributed by atoms with Crippen molar-refractivity contribution in [2.45, 2.75) is 31.8 Å². The number of furan rings is 1. The van der Waals surface area contributed by atoms with Crippen molar-refractivity contribution < 1.29 is 13.5 Å². The maximum atomic E-state index is 14.7. The van der Waals surface area contributed by atoms with Crippen LogP contribution in [0.15, 0.2) is 46.0 Å². The molecule has 2 aliphatic heterocycles. The van der Waals surface area contributed by atoms with E-state index in [1.165, 1.54) is 19.3 Å². The Labute approximate surface area is 189 Å². The fourth-order valence-electron chi connectivity index (χ4n) is 4.44. The lowest BCUT2D eigenvalue weighted by atomic mass is 10.1. The Hall–Kier alpha value is -2.58. The van der Waals surface area contributed by atoms with Gasteiger partial charge in [0.25, 0.3) is 0 Å². The van der Waals surface area contributed by atoms with Gasteiger partial charge in [0.05, 0.1) is 31.2 Å². The Morgan fingerprint density at radius 1 is 1.09 bits per heavy atom. The normalized spacial score (nSPS) is 19.1. The van der Waals surface area contributed by atoms with Gasteiger partial charge < -0.3 is 24.7 Å². The summed E-state index contributed by atoms with van der Waals surface area (Å²) in [4.78, 5) is 8.85. The number of nitrogens with one attached hydrogen (secondary N) is 2. The van der Waals surface area contributed by atoms with Crippen LogP contribution in [0, 0.1) is 5.82 Å². The molecular formula is C24H34FN5O2. The van der Waals surface area contributed by atoms with Crippen LogP contribution >= 0.6 is 0 Å². The molecule has 0 aliphatic carbocycles. The summed E-state index contributed by atoms with van der Waals surface area (Å²) < 4.78 is 25.8. The van der Waals surface area contributed by atoms with Gasteiger partial charge in [-0.25, -0.2) is 4.39 Å². The molecule has 0 saturated carbocycles. The number of morpholine rings is 1. The average Bonchev–Trinajstić information content (AvgIpc) is 3.37. The number of aliphatic imine (C=N–C) groups is 1. The van der Waals surface area contributed by atoms with Crippen LogP contribution in [-0.2, 0) is 11.3 Å². The van der Waals surface area contributed by atoms with E-state index in [0.29, 0.717) is 38.0 Å². The molecule has 1 aromatic heterocycles. The molecule has 1 unspecified atom stereocenters. The fourth-order valence-corrected chi connectivity index (χ4v) is 4.44. The van der Waals surface area contributed by atoms with Crippen LogP contribution in [-0.4, -0.2) is 63.8 Å². The van der Waals surface area contributed by atoms with Crippen LogP contribution in [0.4, 0.5) is 10.1 Å². The summed E-state index contributed by atoms with van der Waals surface area (Å²) in [5.41, 5.74) is 1.52. The number of rotatable bonds is 7. The van der Waals surface area contributed by atoms with Crippen LogP contribution in [0.2, 0.25) is 0 Å². The van der Waals surface area contributed by atoms with Gasteiger partial charge in [0.2, 0.25) is 0 Å². The average molecular weight is 444 g/mol. The number of halogens is 1. The number of ether oxygens (including phenoxy) is 1. The Balaban J connectivity index is 1.32. The summed E-state index contributed by atoms with van der Waals surface area (Å²) in [5.74, 6) is 1.46. The molecule has 174 valence electrons. The van der Waals surface area contributed by atoms with Crippen molar-refractivity contribution >= 4 is 11.6 Å². The number of anilines is 1. The molecule has 0 spiro atoms. The first-order valence-electron chi connectivity index (χ1n) is 11.6. The Bertz CT molecular complexity index is 861. The molecule has 1 atom stereocenters. The summed E-state index contributed by atoms with van der Waals surface area (Å²) in [6.45, 7) is 6.06. The van der Waals surface area contributed by atoms with Crippen LogP contribution in [0.25, 0.3) is 0 Å². The van der Waals surface area contributed by atoms with Gasteiger partial charge in [-0.1, -0.05) is 12.5 Å². The van der Waals surface area contributed by atoms with E-state index >= 15 is 0 Å². The van der Waals surface area contributed by atoms with E-state index < -0.39 is 0 Å². The number of guanidine groups is 1. The predicted molar refractivity (Wildman–Crippen MR) is 125 cm³/mol. The topological polar surface area (TPSA) is 65.3 Å². The van der Waals surface area contributed by atoms with E-state index in [2.05, 4.69) is 20.5 Å². The molecule has 0 bridgehead atoms. The number of hydrogen-bond acceptors (Lipinski definition) is 5. The minimum Gasteiger partial charge on any atom is -0.468 e. The van der Waals surface area contributed by atoms with Crippen molar-refractivity contribution in [3.05, 3.63) is 53.7 Å². The number of hydrogen-bond donors (Lipinski definition) is 2. The molecule has 2 saturated heterocycles. The minimum absolute atomic E-state index is 0.161.